The van der Waals surface area contributed by atoms with Crippen LogP contribution in [0, 0.1) is 0 Å². The molecule has 0 amide bonds. The molecule has 0 aliphatic heterocycles. The Morgan fingerprint density at radius 3 is 1.74 bits per heavy atom. The van der Waals surface area contributed by atoms with E-state index in [1.165, 1.54) is 51.4 Å². The molecule has 0 saturated carbocycles. The molecule has 0 aromatic rings. The summed E-state index contributed by atoms with van der Waals surface area (Å²) in [6.45, 7) is 3.57. The van der Waals surface area contributed by atoms with Gasteiger partial charge in [-0.3, -0.25) is 18.6 Å². The highest BCUT2D eigenvalue weighted by atomic mass is 31.2. The van der Waals surface area contributed by atoms with E-state index in [0.29, 0.717) is 6.42 Å². The first-order chi connectivity index (χ1) is 22.8. The summed E-state index contributed by atoms with van der Waals surface area (Å²) in [6, 6.07) is 0. The Bertz CT molecular complexity index is 876. The Morgan fingerprint density at radius 2 is 1.17 bits per heavy atom. The van der Waals surface area contributed by atoms with Crippen molar-refractivity contribution in [3.8, 4) is 0 Å². The van der Waals surface area contributed by atoms with Crippen LogP contribution >= 0.6 is 7.82 Å². The van der Waals surface area contributed by atoms with Gasteiger partial charge in [-0.15, -0.1) is 0 Å². The van der Waals surface area contributed by atoms with Crippen LogP contribution in [0.2, 0.25) is 0 Å². The van der Waals surface area contributed by atoms with Gasteiger partial charge < -0.3 is 20.1 Å². The molecule has 0 saturated heterocycles. The molecule has 0 radical (unpaired) electrons. The fraction of sp³-hybridized carbons (Fsp3) is 0.784. The van der Waals surface area contributed by atoms with Crippen molar-refractivity contribution in [1.29, 1.82) is 0 Å². The topological polar surface area (TPSA) is 134 Å². The summed E-state index contributed by atoms with van der Waals surface area (Å²) in [5.41, 5.74) is 5.32. The Balaban J connectivity index is 4.27. The maximum atomic E-state index is 12.5. The summed E-state index contributed by atoms with van der Waals surface area (Å²) in [4.78, 5) is 34.6. The third-order valence-corrected chi connectivity index (χ3v) is 8.52. The molecule has 274 valence electrons. The average Bonchev–Trinajstić information content (AvgIpc) is 3.05. The fourth-order valence-electron chi connectivity index (χ4n) is 4.82. The highest BCUT2D eigenvalue weighted by molar-refractivity contribution is 7.47. The molecule has 0 rings (SSSR count). The minimum absolute atomic E-state index is 0.0503. The van der Waals surface area contributed by atoms with Gasteiger partial charge in [0.1, 0.15) is 6.61 Å². The van der Waals surface area contributed by atoms with E-state index in [0.717, 1.165) is 70.6 Å². The van der Waals surface area contributed by atoms with Crippen molar-refractivity contribution in [1.82, 2.24) is 0 Å². The third-order valence-electron chi connectivity index (χ3n) is 7.54. The van der Waals surface area contributed by atoms with Crippen molar-refractivity contribution < 1.29 is 37.6 Å². The van der Waals surface area contributed by atoms with Crippen LogP contribution in [0.25, 0.3) is 0 Å². The smallest absolute Gasteiger partial charge is 0.462 e. The molecule has 9 nitrogen and oxygen atoms in total. The molecule has 0 spiro atoms. The number of unbranched alkanes of at least 4 members (excludes halogenated alkanes) is 15. The minimum Gasteiger partial charge on any atom is -0.462 e. The number of carbonyl (C=O) groups excluding carboxylic acids is 2. The molecule has 0 aliphatic rings. The third kappa shape index (κ3) is 33.9. The van der Waals surface area contributed by atoms with Gasteiger partial charge in [0.25, 0.3) is 0 Å². The zero-order chi connectivity index (χ0) is 34.7. The second-order valence-corrected chi connectivity index (χ2v) is 13.5. The van der Waals surface area contributed by atoms with Crippen LogP contribution in [0.3, 0.4) is 0 Å². The predicted octanol–water partition coefficient (Wildman–Crippen LogP) is 9.82. The Hall–Kier alpha value is -1.77. The van der Waals surface area contributed by atoms with Gasteiger partial charge in [-0.05, 0) is 44.9 Å². The summed E-state index contributed by atoms with van der Waals surface area (Å²) in [5, 5.41) is 0. The quantitative estimate of drug-likeness (QED) is 0.0294. The molecule has 2 atom stereocenters. The lowest BCUT2D eigenvalue weighted by molar-refractivity contribution is -0.161. The molecule has 0 aliphatic carbocycles. The van der Waals surface area contributed by atoms with Crippen molar-refractivity contribution in [3.63, 3.8) is 0 Å². The highest BCUT2D eigenvalue weighted by Gasteiger charge is 2.25. The van der Waals surface area contributed by atoms with Crippen molar-refractivity contribution in [2.75, 3.05) is 26.4 Å². The summed E-state index contributed by atoms with van der Waals surface area (Å²) in [6.07, 6.45) is 34.6. The van der Waals surface area contributed by atoms with Crippen LogP contribution in [0.4, 0.5) is 0 Å². The van der Waals surface area contributed by atoms with Gasteiger partial charge in [0.2, 0.25) is 0 Å². The molecule has 0 heterocycles. The largest absolute Gasteiger partial charge is 0.472 e. The molecule has 1 unspecified atom stereocenters. The minimum atomic E-state index is -4.37. The fourth-order valence-corrected chi connectivity index (χ4v) is 5.59. The van der Waals surface area contributed by atoms with Crippen LogP contribution in [-0.4, -0.2) is 49.3 Å². The number of carbonyl (C=O) groups is 2. The van der Waals surface area contributed by atoms with Crippen molar-refractivity contribution in [2.24, 2.45) is 5.73 Å². The number of nitrogens with two attached hydrogens (primary N) is 1. The van der Waals surface area contributed by atoms with Crippen LogP contribution in [0.15, 0.2) is 36.5 Å². The van der Waals surface area contributed by atoms with E-state index in [2.05, 4.69) is 50.3 Å². The van der Waals surface area contributed by atoms with Gasteiger partial charge in [0, 0.05) is 19.4 Å². The van der Waals surface area contributed by atoms with Crippen LogP contribution in [-0.2, 0) is 32.7 Å². The lowest BCUT2D eigenvalue weighted by atomic mass is 10.1. The van der Waals surface area contributed by atoms with E-state index >= 15 is 0 Å². The van der Waals surface area contributed by atoms with Crippen molar-refractivity contribution in [3.05, 3.63) is 36.5 Å². The van der Waals surface area contributed by atoms with E-state index in [4.69, 9.17) is 24.3 Å². The van der Waals surface area contributed by atoms with Gasteiger partial charge in [0.05, 0.1) is 13.2 Å². The molecular formula is C37H68NO8P. The Morgan fingerprint density at radius 1 is 0.660 bits per heavy atom. The van der Waals surface area contributed by atoms with Gasteiger partial charge in [0.15, 0.2) is 6.10 Å². The molecule has 0 aromatic heterocycles. The highest BCUT2D eigenvalue weighted by Crippen LogP contribution is 2.43. The molecule has 47 heavy (non-hydrogen) atoms. The Labute approximate surface area is 286 Å². The maximum Gasteiger partial charge on any atom is 0.472 e. The monoisotopic (exact) mass is 685 g/mol. The second-order valence-electron chi connectivity index (χ2n) is 12.1. The van der Waals surface area contributed by atoms with Gasteiger partial charge in [-0.2, -0.15) is 0 Å². The number of phosphoric ester groups is 1. The van der Waals surface area contributed by atoms with Gasteiger partial charge in [-0.25, -0.2) is 4.57 Å². The summed E-state index contributed by atoms with van der Waals surface area (Å²) in [5.74, 6) is -0.850. The number of phosphoric acid groups is 1. The number of allylic oxidation sites excluding steroid dienone is 6. The average molecular weight is 686 g/mol. The second kappa shape index (κ2) is 34.1. The SMILES string of the molecule is CCC=CCC=CCC=CCCCCCCCC(=O)O[C@H](COC(=O)CCCCCCCCCCCCC)COP(=O)(O)OCCN. The number of esters is 2. The van der Waals surface area contributed by atoms with E-state index in [1.807, 2.05) is 0 Å². The number of hydrogen-bond donors (Lipinski definition) is 2. The van der Waals surface area contributed by atoms with Gasteiger partial charge in [-0.1, -0.05) is 134 Å². The summed E-state index contributed by atoms with van der Waals surface area (Å²) in [7, 11) is -4.37. The van der Waals surface area contributed by atoms with Crippen molar-refractivity contribution >= 4 is 19.8 Å². The number of ether oxygens (including phenoxy) is 2. The zero-order valence-corrected chi connectivity index (χ0v) is 30.7. The lowest BCUT2D eigenvalue weighted by Gasteiger charge is -2.19. The van der Waals surface area contributed by atoms with Crippen LogP contribution in [0.5, 0.6) is 0 Å². The maximum absolute atomic E-state index is 12.5. The molecule has 0 bridgehead atoms. The normalized spacial score (nSPS) is 13.9. The van der Waals surface area contributed by atoms with Gasteiger partial charge >= 0.3 is 19.8 Å². The Kier molecular flexibility index (Phi) is 32.8. The molecule has 0 fully saturated rings. The predicted molar refractivity (Wildman–Crippen MR) is 192 cm³/mol. The number of hydrogen-bond acceptors (Lipinski definition) is 8. The molecule has 10 heteroatoms. The van der Waals surface area contributed by atoms with E-state index in [1.54, 1.807) is 0 Å². The zero-order valence-electron chi connectivity index (χ0n) is 29.8. The van der Waals surface area contributed by atoms with Crippen LogP contribution < -0.4 is 5.73 Å². The van der Waals surface area contributed by atoms with Crippen LogP contribution in [0.1, 0.15) is 155 Å². The molecule has 3 N–H and O–H groups in total. The first kappa shape index (κ1) is 45.2. The molecular weight excluding hydrogens is 617 g/mol. The standard InChI is InChI=1S/C37H68NO8P/c1-3-5-7-9-11-13-15-16-17-18-20-22-24-26-28-30-37(40)46-35(34-45-47(41,42)44-32-31-38)33-43-36(39)29-27-25-23-21-19-14-12-10-8-6-4-2/h5,7,11,13,16-17,35H,3-4,6,8-10,12,14-15,18-34,38H2,1-2H3,(H,41,42)/t35-/m1/s1. The number of rotatable bonds is 34. The molecule has 0 aromatic carbocycles. The first-order valence-electron chi connectivity index (χ1n) is 18.5. The van der Waals surface area contributed by atoms with E-state index < -0.39 is 26.5 Å². The van der Waals surface area contributed by atoms with E-state index in [9.17, 15) is 19.0 Å². The first-order valence-corrected chi connectivity index (χ1v) is 20.0. The lowest BCUT2D eigenvalue weighted by Crippen LogP contribution is -2.29. The van der Waals surface area contributed by atoms with E-state index in [-0.39, 0.29) is 38.6 Å². The van der Waals surface area contributed by atoms with Crippen molar-refractivity contribution in [2.45, 2.75) is 161 Å². The summed E-state index contributed by atoms with van der Waals surface area (Å²) < 4.78 is 32.6. The summed E-state index contributed by atoms with van der Waals surface area (Å²) >= 11 is 0.